The van der Waals surface area contributed by atoms with E-state index in [9.17, 15) is 0 Å². The summed E-state index contributed by atoms with van der Waals surface area (Å²) in [6.45, 7) is 1.02. The lowest BCUT2D eigenvalue weighted by Gasteiger charge is -2.13. The fourth-order valence-electron chi connectivity index (χ4n) is 0.777. The number of thioether (sulfide) groups is 1. The van der Waals surface area contributed by atoms with Crippen LogP contribution in [0, 0.1) is 0 Å². The number of rotatable bonds is 4. The highest BCUT2D eigenvalue weighted by atomic mass is 32.2. The van der Waals surface area contributed by atoms with Crippen molar-refractivity contribution in [1.29, 1.82) is 0 Å². The topological polar surface area (TPSA) is 42.2 Å². The molecule has 1 rings (SSSR count). The lowest BCUT2D eigenvalue weighted by molar-refractivity contribution is 0.967. The highest BCUT2D eigenvalue weighted by Crippen LogP contribution is 2.22. The van der Waals surface area contributed by atoms with Crippen LogP contribution in [0.5, 0.6) is 0 Å². The van der Waals surface area contributed by atoms with Crippen LogP contribution in [0.4, 0.5) is 10.1 Å². The van der Waals surface area contributed by atoms with Gasteiger partial charge in [0.15, 0.2) is 5.13 Å². The zero-order valence-electron chi connectivity index (χ0n) is 7.28. The van der Waals surface area contributed by atoms with Crippen molar-refractivity contribution >= 4 is 33.2 Å². The van der Waals surface area contributed by atoms with Crippen molar-refractivity contribution in [2.45, 2.75) is 0 Å². The summed E-state index contributed by atoms with van der Waals surface area (Å²) in [4.78, 5) is 6.30. The Bertz CT molecular complexity index is 236. The Morgan fingerprint density at radius 1 is 1.75 bits per heavy atom. The molecule has 12 heavy (non-hydrogen) atoms. The Kier molecular flexibility index (Phi) is 3.68. The number of nitrogen functional groups attached to an aromatic ring is 1. The number of thiazole rings is 1. The van der Waals surface area contributed by atoms with Gasteiger partial charge in [0.1, 0.15) is 5.00 Å². The third-order valence-corrected chi connectivity index (χ3v) is 3.00. The molecule has 0 bridgehead atoms. The molecule has 0 amide bonds. The van der Waals surface area contributed by atoms with Crippen LogP contribution in [-0.2, 0) is 0 Å². The summed E-state index contributed by atoms with van der Waals surface area (Å²) in [5.41, 5.74) is 5.57. The molecule has 0 aliphatic rings. The molecule has 0 saturated carbocycles. The van der Waals surface area contributed by atoms with Gasteiger partial charge in [-0.3, -0.25) is 0 Å². The quantitative estimate of drug-likeness (QED) is 0.805. The Morgan fingerprint density at radius 2 is 2.50 bits per heavy atom. The molecule has 0 aliphatic carbocycles. The van der Waals surface area contributed by atoms with Gasteiger partial charge in [-0.1, -0.05) is 11.3 Å². The van der Waals surface area contributed by atoms with Crippen molar-refractivity contribution in [3.05, 3.63) is 6.20 Å². The molecule has 1 heterocycles. The average Bonchev–Trinajstić information content (AvgIpc) is 2.47. The van der Waals surface area contributed by atoms with Crippen LogP contribution in [0.1, 0.15) is 0 Å². The first-order valence-electron chi connectivity index (χ1n) is 3.65. The molecule has 0 spiro atoms. The Balaban J connectivity index is 2.47. The Labute approximate surface area is 81.0 Å². The summed E-state index contributed by atoms with van der Waals surface area (Å²) >= 11 is 3.36. The van der Waals surface area contributed by atoms with Crippen LogP contribution in [-0.4, -0.2) is 30.6 Å². The Morgan fingerprint density at radius 3 is 3.00 bits per heavy atom. The van der Waals surface area contributed by atoms with E-state index in [-0.39, 0.29) is 0 Å². The van der Waals surface area contributed by atoms with Gasteiger partial charge in [-0.2, -0.15) is 11.8 Å². The molecule has 5 heteroatoms. The average molecular weight is 203 g/mol. The fourth-order valence-corrected chi connectivity index (χ4v) is 1.90. The first kappa shape index (κ1) is 9.67. The zero-order valence-corrected chi connectivity index (χ0v) is 8.91. The maximum absolute atomic E-state index is 5.57. The SMILES string of the molecule is CSCCN(C)c1ncc(N)s1. The van der Waals surface area contributed by atoms with Crippen molar-refractivity contribution in [3.63, 3.8) is 0 Å². The number of hydrogen-bond acceptors (Lipinski definition) is 5. The molecule has 0 aliphatic heterocycles. The van der Waals surface area contributed by atoms with Crippen LogP contribution in [0.3, 0.4) is 0 Å². The molecule has 0 saturated heterocycles. The molecule has 68 valence electrons. The van der Waals surface area contributed by atoms with Gasteiger partial charge in [-0.05, 0) is 6.26 Å². The number of anilines is 2. The first-order valence-corrected chi connectivity index (χ1v) is 5.86. The molecule has 2 N–H and O–H groups in total. The van der Waals surface area contributed by atoms with E-state index in [1.54, 1.807) is 6.20 Å². The highest BCUT2D eigenvalue weighted by Gasteiger charge is 2.03. The second kappa shape index (κ2) is 4.57. The van der Waals surface area contributed by atoms with Crippen molar-refractivity contribution in [2.75, 3.05) is 36.2 Å². The number of aromatic nitrogens is 1. The van der Waals surface area contributed by atoms with E-state index in [0.717, 1.165) is 22.4 Å². The molecule has 0 aromatic carbocycles. The molecule has 0 unspecified atom stereocenters. The van der Waals surface area contributed by atoms with Crippen molar-refractivity contribution in [1.82, 2.24) is 4.98 Å². The van der Waals surface area contributed by atoms with Gasteiger partial charge < -0.3 is 10.6 Å². The third kappa shape index (κ3) is 2.57. The van der Waals surface area contributed by atoms with E-state index < -0.39 is 0 Å². The molecule has 0 atom stereocenters. The predicted octanol–water partition coefficient (Wildman–Crippen LogP) is 1.52. The summed E-state index contributed by atoms with van der Waals surface area (Å²) in [5, 5.41) is 1.78. The Hall–Kier alpha value is -0.420. The monoisotopic (exact) mass is 203 g/mol. The molecule has 0 fully saturated rings. The summed E-state index contributed by atoms with van der Waals surface area (Å²) in [5.74, 6) is 1.12. The number of nitrogens with two attached hydrogens (primary N) is 1. The van der Waals surface area contributed by atoms with Crippen LogP contribution in [0.2, 0.25) is 0 Å². The van der Waals surface area contributed by atoms with Gasteiger partial charge in [-0.25, -0.2) is 4.98 Å². The summed E-state index contributed by atoms with van der Waals surface area (Å²) in [6.07, 6.45) is 3.81. The van der Waals surface area contributed by atoms with Crippen LogP contribution < -0.4 is 10.6 Å². The van der Waals surface area contributed by atoms with Crippen molar-refractivity contribution < 1.29 is 0 Å². The van der Waals surface area contributed by atoms with Crippen LogP contribution in [0.15, 0.2) is 6.20 Å². The van der Waals surface area contributed by atoms with Gasteiger partial charge in [0.2, 0.25) is 0 Å². The largest absolute Gasteiger partial charge is 0.389 e. The number of hydrogen-bond donors (Lipinski definition) is 1. The van der Waals surface area contributed by atoms with Gasteiger partial charge in [0.25, 0.3) is 0 Å². The lowest BCUT2D eigenvalue weighted by Crippen LogP contribution is -2.19. The van der Waals surface area contributed by atoms with Gasteiger partial charge >= 0.3 is 0 Å². The van der Waals surface area contributed by atoms with E-state index in [1.807, 2.05) is 18.8 Å². The molecule has 1 aromatic rings. The van der Waals surface area contributed by atoms with Gasteiger partial charge in [-0.15, -0.1) is 0 Å². The lowest BCUT2D eigenvalue weighted by atomic mass is 10.7. The second-order valence-electron chi connectivity index (χ2n) is 2.46. The summed E-state index contributed by atoms with van der Waals surface area (Å²) < 4.78 is 0. The molecule has 1 aromatic heterocycles. The minimum atomic E-state index is 0.779. The standard InChI is InChI=1S/C7H13N3S2/c1-10(3-4-11-2)7-9-5-6(8)12-7/h5H,3-4,8H2,1-2H3. The minimum absolute atomic E-state index is 0.779. The van der Waals surface area contributed by atoms with Crippen molar-refractivity contribution in [2.24, 2.45) is 0 Å². The summed E-state index contributed by atoms with van der Waals surface area (Å²) in [7, 11) is 2.04. The van der Waals surface area contributed by atoms with Crippen LogP contribution in [0.25, 0.3) is 0 Å². The number of nitrogens with zero attached hydrogens (tertiary/aromatic N) is 2. The maximum Gasteiger partial charge on any atom is 0.187 e. The van der Waals surface area contributed by atoms with Crippen molar-refractivity contribution in [3.8, 4) is 0 Å². The first-order chi connectivity index (χ1) is 5.74. The molecule has 0 radical (unpaired) electrons. The fraction of sp³-hybridized carbons (Fsp3) is 0.571. The third-order valence-electron chi connectivity index (χ3n) is 1.47. The second-order valence-corrected chi connectivity index (χ2v) is 4.49. The van der Waals surface area contributed by atoms with Crippen LogP contribution >= 0.6 is 23.1 Å². The van der Waals surface area contributed by atoms with Gasteiger partial charge in [0.05, 0.1) is 6.20 Å². The van der Waals surface area contributed by atoms with E-state index >= 15 is 0 Å². The maximum atomic E-state index is 5.57. The van der Waals surface area contributed by atoms with E-state index in [1.165, 1.54) is 11.3 Å². The van der Waals surface area contributed by atoms with E-state index in [0.29, 0.717) is 0 Å². The smallest absolute Gasteiger partial charge is 0.187 e. The molecular formula is C7H13N3S2. The molecule has 3 nitrogen and oxygen atoms in total. The minimum Gasteiger partial charge on any atom is -0.389 e. The van der Waals surface area contributed by atoms with E-state index in [2.05, 4.69) is 16.1 Å². The predicted molar refractivity (Wildman–Crippen MR) is 58.2 cm³/mol. The highest BCUT2D eigenvalue weighted by molar-refractivity contribution is 7.98. The summed E-state index contributed by atoms with van der Waals surface area (Å²) in [6, 6.07) is 0. The van der Waals surface area contributed by atoms with Gasteiger partial charge in [0, 0.05) is 19.3 Å². The normalized spacial score (nSPS) is 10.2. The van der Waals surface area contributed by atoms with E-state index in [4.69, 9.17) is 5.73 Å². The zero-order chi connectivity index (χ0) is 8.97. The molecular weight excluding hydrogens is 190 g/mol.